The molecule has 8 heteroatoms. The minimum Gasteiger partial charge on any atom is -0.384 e. The zero-order chi connectivity index (χ0) is 19.1. The van der Waals surface area contributed by atoms with Crippen molar-refractivity contribution in [2.75, 3.05) is 25.9 Å². The molecule has 4 N–H and O–H groups in total. The van der Waals surface area contributed by atoms with Crippen molar-refractivity contribution >= 4 is 16.0 Å². The summed E-state index contributed by atoms with van der Waals surface area (Å²) in [4.78, 5) is 4.42. The van der Waals surface area contributed by atoms with Gasteiger partial charge < -0.3 is 15.7 Å². The molecule has 0 saturated carbocycles. The molecule has 1 unspecified atom stereocenters. The molecule has 0 bridgehead atoms. The maximum Gasteiger partial charge on any atom is 0.209 e. The van der Waals surface area contributed by atoms with E-state index in [-0.39, 0.29) is 13.1 Å². The largest absolute Gasteiger partial charge is 0.384 e. The summed E-state index contributed by atoms with van der Waals surface area (Å²) in [7, 11) is -3.31. The van der Waals surface area contributed by atoms with Crippen molar-refractivity contribution in [3.8, 4) is 0 Å². The van der Waals surface area contributed by atoms with Crippen molar-refractivity contribution in [1.29, 1.82) is 0 Å². The highest BCUT2D eigenvalue weighted by Gasteiger charge is 2.24. The smallest absolute Gasteiger partial charge is 0.209 e. The van der Waals surface area contributed by atoms with Crippen molar-refractivity contribution in [2.45, 2.75) is 38.8 Å². The zero-order valence-electron chi connectivity index (χ0n) is 15.6. The second-order valence-electron chi connectivity index (χ2n) is 6.95. The van der Waals surface area contributed by atoms with Crippen LogP contribution in [0, 0.1) is 0 Å². The molecular weight excluding hydrogens is 340 g/mol. The number of guanidine groups is 1. The summed E-state index contributed by atoms with van der Waals surface area (Å²) in [5.74, 6) is 0.516. The third-order valence-electron chi connectivity index (χ3n) is 3.43. The van der Waals surface area contributed by atoms with E-state index in [1.807, 2.05) is 37.3 Å². The molecule has 0 aliphatic carbocycles. The van der Waals surface area contributed by atoms with Gasteiger partial charge in [0.05, 0.1) is 19.3 Å². The Morgan fingerprint density at radius 3 is 2.28 bits per heavy atom. The third kappa shape index (κ3) is 8.33. The zero-order valence-corrected chi connectivity index (χ0v) is 16.4. The van der Waals surface area contributed by atoms with E-state index < -0.39 is 21.2 Å². The molecular formula is C17H30N4O3S. The molecule has 0 spiro atoms. The molecule has 0 radical (unpaired) electrons. The Morgan fingerprint density at radius 2 is 1.76 bits per heavy atom. The molecule has 0 amide bonds. The fraction of sp³-hybridized carbons (Fsp3) is 0.588. The summed E-state index contributed by atoms with van der Waals surface area (Å²) in [6.07, 6.45) is 1.12. The van der Waals surface area contributed by atoms with Crippen molar-refractivity contribution in [2.24, 2.45) is 4.99 Å². The van der Waals surface area contributed by atoms with Crippen LogP contribution in [0.4, 0.5) is 0 Å². The van der Waals surface area contributed by atoms with Gasteiger partial charge in [-0.2, -0.15) is 0 Å². The molecule has 1 aromatic carbocycles. The fourth-order valence-corrected chi connectivity index (χ4v) is 3.38. The quantitative estimate of drug-likeness (QED) is 0.400. The molecule has 1 atom stereocenters. The SMILES string of the molecule is CCNC(=NCC(C)(C)NS(C)(=O)=O)NCC(C)(O)c1ccccc1. The number of nitrogens with zero attached hydrogens (tertiary/aromatic N) is 1. The van der Waals surface area contributed by atoms with Crippen LogP contribution in [0.2, 0.25) is 0 Å². The maximum absolute atomic E-state index is 11.4. The van der Waals surface area contributed by atoms with Crippen LogP contribution in [0.1, 0.15) is 33.3 Å². The van der Waals surface area contributed by atoms with Crippen LogP contribution in [0.3, 0.4) is 0 Å². The van der Waals surface area contributed by atoms with Gasteiger partial charge in [-0.25, -0.2) is 13.1 Å². The monoisotopic (exact) mass is 370 g/mol. The number of aliphatic imine (C=N–C) groups is 1. The average Bonchev–Trinajstić information content (AvgIpc) is 2.49. The van der Waals surface area contributed by atoms with E-state index in [4.69, 9.17) is 0 Å². The highest BCUT2D eigenvalue weighted by Crippen LogP contribution is 2.18. The molecule has 142 valence electrons. The number of nitrogens with one attached hydrogen (secondary N) is 3. The minimum atomic E-state index is -3.31. The summed E-state index contributed by atoms with van der Waals surface area (Å²) >= 11 is 0. The summed E-state index contributed by atoms with van der Waals surface area (Å²) in [6, 6.07) is 9.39. The normalized spacial score (nSPS) is 15.5. The Morgan fingerprint density at radius 1 is 1.16 bits per heavy atom. The molecule has 0 heterocycles. The van der Waals surface area contributed by atoms with Crippen molar-refractivity contribution in [3.63, 3.8) is 0 Å². The van der Waals surface area contributed by atoms with Crippen molar-refractivity contribution < 1.29 is 13.5 Å². The highest BCUT2D eigenvalue weighted by molar-refractivity contribution is 7.88. The molecule has 25 heavy (non-hydrogen) atoms. The van der Waals surface area contributed by atoms with Gasteiger partial charge >= 0.3 is 0 Å². The second kappa shape index (κ2) is 8.64. The summed E-state index contributed by atoms with van der Waals surface area (Å²) in [5.41, 5.74) is -0.965. The third-order valence-corrected chi connectivity index (χ3v) is 4.36. The van der Waals surface area contributed by atoms with Gasteiger partial charge in [-0.3, -0.25) is 4.99 Å². The van der Waals surface area contributed by atoms with Gasteiger partial charge in [0.2, 0.25) is 10.0 Å². The number of rotatable bonds is 8. The molecule has 0 aliphatic rings. The summed E-state index contributed by atoms with van der Waals surface area (Å²) in [5, 5.41) is 16.8. The molecule has 7 nitrogen and oxygen atoms in total. The van der Waals surface area contributed by atoms with E-state index in [2.05, 4.69) is 20.3 Å². The highest BCUT2D eigenvalue weighted by atomic mass is 32.2. The second-order valence-corrected chi connectivity index (χ2v) is 8.70. The van der Waals surface area contributed by atoms with Gasteiger partial charge in [0, 0.05) is 12.1 Å². The van der Waals surface area contributed by atoms with Crippen molar-refractivity contribution in [3.05, 3.63) is 35.9 Å². The topological polar surface area (TPSA) is 103 Å². The summed E-state index contributed by atoms with van der Waals surface area (Å²) in [6.45, 7) is 8.37. The number of benzene rings is 1. The predicted octanol–water partition coefficient (Wildman–Crippen LogP) is 0.777. The Labute approximate surface area is 151 Å². The Balaban J connectivity index is 2.76. The van der Waals surface area contributed by atoms with Crippen LogP contribution in [0.15, 0.2) is 35.3 Å². The van der Waals surface area contributed by atoms with Crippen LogP contribution in [0.25, 0.3) is 0 Å². The molecule has 0 aliphatic heterocycles. The van der Waals surface area contributed by atoms with E-state index in [9.17, 15) is 13.5 Å². The van der Waals surface area contributed by atoms with Gasteiger partial charge in [0.25, 0.3) is 0 Å². The standard InChI is InChI=1S/C17H30N4O3S/c1-6-18-15(19-12-16(2,3)21-25(5,23)24)20-13-17(4,22)14-10-8-7-9-11-14/h7-11,21-22H,6,12-13H2,1-5H3,(H2,18,19,20). The summed E-state index contributed by atoms with van der Waals surface area (Å²) < 4.78 is 25.4. The van der Waals surface area contributed by atoms with Gasteiger partial charge in [-0.1, -0.05) is 30.3 Å². The number of sulfonamides is 1. The van der Waals surface area contributed by atoms with E-state index in [0.717, 1.165) is 11.8 Å². The minimum absolute atomic E-state index is 0.253. The van der Waals surface area contributed by atoms with Crippen LogP contribution in [0.5, 0.6) is 0 Å². The first-order valence-electron chi connectivity index (χ1n) is 8.24. The molecule has 1 aromatic rings. The van der Waals surface area contributed by atoms with Gasteiger partial charge in [0.1, 0.15) is 5.60 Å². The Bertz CT molecular complexity index is 670. The lowest BCUT2D eigenvalue weighted by Crippen LogP contribution is -2.48. The Hall–Kier alpha value is -1.64. The fourth-order valence-electron chi connectivity index (χ4n) is 2.31. The van der Waals surface area contributed by atoms with Gasteiger partial charge in [-0.05, 0) is 33.3 Å². The molecule has 0 saturated heterocycles. The van der Waals surface area contributed by atoms with Crippen LogP contribution >= 0.6 is 0 Å². The van der Waals surface area contributed by atoms with E-state index in [1.165, 1.54) is 0 Å². The lowest BCUT2D eigenvalue weighted by atomic mass is 9.96. The molecule has 0 aromatic heterocycles. The van der Waals surface area contributed by atoms with E-state index in [1.54, 1.807) is 20.8 Å². The van der Waals surface area contributed by atoms with E-state index >= 15 is 0 Å². The van der Waals surface area contributed by atoms with Crippen molar-refractivity contribution in [1.82, 2.24) is 15.4 Å². The number of hydrogen-bond acceptors (Lipinski definition) is 4. The molecule has 1 rings (SSSR count). The van der Waals surface area contributed by atoms with Gasteiger partial charge in [0.15, 0.2) is 5.96 Å². The molecule has 0 fully saturated rings. The average molecular weight is 371 g/mol. The lowest BCUT2D eigenvalue weighted by molar-refractivity contribution is 0.0617. The Kier molecular flexibility index (Phi) is 7.40. The van der Waals surface area contributed by atoms with Gasteiger partial charge in [-0.15, -0.1) is 0 Å². The first-order chi connectivity index (χ1) is 11.5. The number of hydrogen-bond donors (Lipinski definition) is 4. The first kappa shape index (κ1) is 21.4. The maximum atomic E-state index is 11.4. The predicted molar refractivity (Wildman–Crippen MR) is 102 cm³/mol. The number of aliphatic hydroxyl groups is 1. The van der Waals surface area contributed by atoms with E-state index in [0.29, 0.717) is 12.5 Å². The lowest BCUT2D eigenvalue weighted by Gasteiger charge is -2.26. The van der Waals surface area contributed by atoms with Crippen LogP contribution in [-0.2, 0) is 15.6 Å². The van der Waals surface area contributed by atoms with Crippen LogP contribution < -0.4 is 15.4 Å². The van der Waals surface area contributed by atoms with Crippen LogP contribution in [-0.4, -0.2) is 50.9 Å². The first-order valence-corrected chi connectivity index (χ1v) is 10.1.